The molecule has 1 amide bonds. The van der Waals surface area contributed by atoms with Gasteiger partial charge in [0.25, 0.3) is 5.91 Å². The Balaban J connectivity index is 1.88. The summed E-state index contributed by atoms with van der Waals surface area (Å²) in [6, 6.07) is 16.6. The molecule has 0 aliphatic rings. The van der Waals surface area contributed by atoms with Crippen LogP contribution < -0.4 is 5.32 Å². The van der Waals surface area contributed by atoms with Gasteiger partial charge in [-0.15, -0.1) is 0 Å². The fourth-order valence-corrected chi connectivity index (χ4v) is 2.55. The molecule has 0 saturated carbocycles. The van der Waals surface area contributed by atoms with Gasteiger partial charge in [0.1, 0.15) is 5.69 Å². The van der Waals surface area contributed by atoms with Crippen LogP contribution in [0.1, 0.15) is 16.1 Å². The molecule has 0 bridgehead atoms. The number of para-hydroxylation sites is 1. The maximum Gasteiger partial charge on any atom is 0.272 e. The molecule has 0 aliphatic heterocycles. The van der Waals surface area contributed by atoms with E-state index in [1.54, 1.807) is 18.2 Å². The number of H-pyrrole nitrogens is 1. The molecule has 4 nitrogen and oxygen atoms in total. The number of anilines is 1. The molecule has 3 aromatic rings. The molecule has 1 heterocycles. The van der Waals surface area contributed by atoms with Crippen LogP contribution >= 0.6 is 15.9 Å². The third-order valence-electron chi connectivity index (χ3n) is 3.12. The minimum atomic E-state index is -0.225. The maximum atomic E-state index is 12.3. The average Bonchev–Trinajstić information content (AvgIpc) is 2.93. The van der Waals surface area contributed by atoms with Crippen molar-refractivity contribution < 1.29 is 4.79 Å². The average molecular weight is 340 g/mol. The van der Waals surface area contributed by atoms with Crippen molar-refractivity contribution in [2.75, 3.05) is 5.32 Å². The maximum absolute atomic E-state index is 12.3. The highest BCUT2D eigenvalue weighted by Crippen LogP contribution is 2.24. The molecular weight excluding hydrogens is 330 g/mol. The van der Waals surface area contributed by atoms with Gasteiger partial charge < -0.3 is 10.3 Å². The zero-order chi connectivity index (χ0) is 14.8. The Kier molecular flexibility index (Phi) is 3.46. The second-order valence-corrected chi connectivity index (χ2v) is 5.39. The molecule has 0 fully saturated rings. The molecule has 0 atom stereocenters. The molecule has 1 aromatic heterocycles. The fraction of sp³-hybridized carbons (Fsp3) is 0. The van der Waals surface area contributed by atoms with Crippen LogP contribution in [0.5, 0.6) is 0 Å². The number of halogens is 1. The standard InChI is InChI=1S/C16H10BrN3O/c17-12-7-10(9-18)5-6-14(12)20-16(21)15-8-11-3-1-2-4-13(11)19-15/h1-8,19H,(H,20,21). The van der Waals surface area contributed by atoms with Crippen molar-refractivity contribution in [1.82, 2.24) is 4.98 Å². The van der Waals surface area contributed by atoms with Crippen molar-refractivity contribution in [2.45, 2.75) is 0 Å². The zero-order valence-corrected chi connectivity index (χ0v) is 12.4. The lowest BCUT2D eigenvalue weighted by atomic mass is 10.2. The number of amides is 1. The van der Waals surface area contributed by atoms with Gasteiger partial charge in [-0.2, -0.15) is 5.26 Å². The predicted octanol–water partition coefficient (Wildman–Crippen LogP) is 4.05. The summed E-state index contributed by atoms with van der Waals surface area (Å²) in [4.78, 5) is 15.3. The van der Waals surface area contributed by atoms with Crippen LogP contribution in [-0.2, 0) is 0 Å². The molecule has 2 aromatic carbocycles. The number of aromatic nitrogens is 1. The van der Waals surface area contributed by atoms with E-state index in [0.29, 0.717) is 21.4 Å². The van der Waals surface area contributed by atoms with Gasteiger partial charge in [0.15, 0.2) is 0 Å². The van der Waals surface area contributed by atoms with Crippen molar-refractivity contribution in [3.8, 4) is 6.07 Å². The Labute approximate surface area is 129 Å². The topological polar surface area (TPSA) is 68.7 Å². The second-order valence-electron chi connectivity index (χ2n) is 4.53. The molecule has 0 aliphatic carbocycles. The first kappa shape index (κ1) is 13.4. The number of aromatic amines is 1. The van der Waals surface area contributed by atoms with E-state index in [2.05, 4.69) is 26.2 Å². The Bertz CT molecular complexity index is 844. The number of carbonyl (C=O) groups is 1. The number of rotatable bonds is 2. The zero-order valence-electron chi connectivity index (χ0n) is 10.9. The molecule has 102 valence electrons. The monoisotopic (exact) mass is 339 g/mol. The van der Waals surface area contributed by atoms with E-state index >= 15 is 0 Å². The highest BCUT2D eigenvalue weighted by molar-refractivity contribution is 9.10. The van der Waals surface area contributed by atoms with Crippen LogP contribution in [0.4, 0.5) is 5.69 Å². The summed E-state index contributed by atoms with van der Waals surface area (Å²) in [7, 11) is 0. The third-order valence-corrected chi connectivity index (χ3v) is 3.78. The highest BCUT2D eigenvalue weighted by Gasteiger charge is 2.11. The number of hydrogen-bond donors (Lipinski definition) is 2. The Hall–Kier alpha value is -2.58. The van der Waals surface area contributed by atoms with Crippen molar-refractivity contribution in [3.63, 3.8) is 0 Å². The van der Waals surface area contributed by atoms with E-state index in [1.165, 1.54) is 0 Å². The molecule has 21 heavy (non-hydrogen) atoms. The molecule has 0 unspecified atom stereocenters. The predicted molar refractivity (Wildman–Crippen MR) is 85.1 cm³/mol. The summed E-state index contributed by atoms with van der Waals surface area (Å²) < 4.78 is 0.672. The van der Waals surface area contributed by atoms with Gasteiger partial charge in [-0.05, 0) is 46.3 Å². The van der Waals surface area contributed by atoms with E-state index in [-0.39, 0.29) is 5.91 Å². The lowest BCUT2D eigenvalue weighted by molar-refractivity contribution is 0.102. The van der Waals surface area contributed by atoms with Gasteiger partial charge in [0.2, 0.25) is 0 Å². The van der Waals surface area contributed by atoms with Gasteiger partial charge in [0, 0.05) is 15.4 Å². The molecule has 0 saturated heterocycles. The molecule has 0 radical (unpaired) electrons. The van der Waals surface area contributed by atoms with E-state index in [0.717, 1.165) is 10.9 Å². The number of benzene rings is 2. The lowest BCUT2D eigenvalue weighted by Crippen LogP contribution is -2.12. The van der Waals surface area contributed by atoms with Gasteiger partial charge in [-0.25, -0.2) is 0 Å². The Morgan fingerprint density at radius 2 is 2.00 bits per heavy atom. The van der Waals surface area contributed by atoms with E-state index in [1.807, 2.05) is 36.4 Å². The molecule has 3 rings (SSSR count). The molecule has 2 N–H and O–H groups in total. The van der Waals surface area contributed by atoms with Crippen LogP contribution in [-0.4, -0.2) is 10.9 Å². The number of carbonyl (C=O) groups excluding carboxylic acids is 1. The largest absolute Gasteiger partial charge is 0.351 e. The fourth-order valence-electron chi connectivity index (χ4n) is 2.07. The van der Waals surface area contributed by atoms with E-state index < -0.39 is 0 Å². The summed E-state index contributed by atoms with van der Waals surface area (Å²) in [5.41, 5.74) is 2.57. The van der Waals surface area contributed by atoms with Gasteiger partial charge >= 0.3 is 0 Å². The first-order chi connectivity index (χ1) is 10.2. The normalized spacial score (nSPS) is 10.3. The SMILES string of the molecule is N#Cc1ccc(NC(=O)c2cc3ccccc3[nH]2)c(Br)c1. The number of nitriles is 1. The minimum absolute atomic E-state index is 0.225. The molecule has 0 spiro atoms. The Morgan fingerprint density at radius 1 is 1.19 bits per heavy atom. The quantitative estimate of drug-likeness (QED) is 0.739. The first-order valence-electron chi connectivity index (χ1n) is 6.26. The number of nitrogens with one attached hydrogen (secondary N) is 2. The highest BCUT2D eigenvalue weighted by atomic mass is 79.9. The van der Waals surface area contributed by atoms with Crippen molar-refractivity contribution in [3.05, 3.63) is 64.3 Å². The molecule has 5 heteroatoms. The van der Waals surface area contributed by atoms with Gasteiger partial charge in [0.05, 0.1) is 17.3 Å². The number of fused-ring (bicyclic) bond motifs is 1. The number of hydrogen-bond acceptors (Lipinski definition) is 2. The second kappa shape index (κ2) is 5.43. The summed E-state index contributed by atoms with van der Waals surface area (Å²) in [6.45, 7) is 0. The smallest absolute Gasteiger partial charge is 0.272 e. The summed E-state index contributed by atoms with van der Waals surface area (Å²) in [5, 5.41) is 12.6. The first-order valence-corrected chi connectivity index (χ1v) is 7.05. The van der Waals surface area contributed by atoms with Crippen LogP contribution in [0.15, 0.2) is 53.0 Å². The summed E-state index contributed by atoms with van der Waals surface area (Å²) in [6.07, 6.45) is 0. The summed E-state index contributed by atoms with van der Waals surface area (Å²) >= 11 is 3.35. The van der Waals surface area contributed by atoms with Gasteiger partial charge in [-0.3, -0.25) is 4.79 Å². The minimum Gasteiger partial charge on any atom is -0.351 e. The number of nitrogens with zero attached hydrogens (tertiary/aromatic N) is 1. The van der Waals surface area contributed by atoms with Crippen molar-refractivity contribution in [2.24, 2.45) is 0 Å². The van der Waals surface area contributed by atoms with Crippen LogP contribution in [0.2, 0.25) is 0 Å². The molecular formula is C16H10BrN3O. The van der Waals surface area contributed by atoms with Gasteiger partial charge in [-0.1, -0.05) is 18.2 Å². The summed E-state index contributed by atoms with van der Waals surface area (Å²) in [5.74, 6) is -0.225. The van der Waals surface area contributed by atoms with Crippen LogP contribution in [0.3, 0.4) is 0 Å². The van der Waals surface area contributed by atoms with Crippen LogP contribution in [0, 0.1) is 11.3 Å². The van der Waals surface area contributed by atoms with Crippen molar-refractivity contribution in [1.29, 1.82) is 5.26 Å². The third kappa shape index (κ3) is 2.67. The van der Waals surface area contributed by atoms with Crippen molar-refractivity contribution >= 4 is 38.4 Å². The lowest BCUT2D eigenvalue weighted by Gasteiger charge is -2.06. The Morgan fingerprint density at radius 3 is 2.71 bits per heavy atom. The van der Waals surface area contributed by atoms with E-state index in [9.17, 15) is 4.79 Å². The van der Waals surface area contributed by atoms with Crippen LogP contribution in [0.25, 0.3) is 10.9 Å². The van der Waals surface area contributed by atoms with E-state index in [4.69, 9.17) is 5.26 Å².